The number of urea groups is 1. The fraction of sp³-hybridized carbons (Fsp3) is 0.400. The van der Waals surface area contributed by atoms with E-state index in [4.69, 9.17) is 0 Å². The molecule has 0 fully saturated rings. The lowest BCUT2D eigenvalue weighted by Crippen LogP contribution is -2.34. The van der Waals surface area contributed by atoms with Gasteiger partial charge in [0.2, 0.25) is 0 Å². The Bertz CT molecular complexity index is 430. The first-order valence-corrected chi connectivity index (χ1v) is 4.75. The molecule has 0 unspecified atom stereocenters. The van der Waals surface area contributed by atoms with Crippen molar-refractivity contribution in [3.05, 3.63) is 11.3 Å². The van der Waals surface area contributed by atoms with Crippen molar-refractivity contribution in [3.63, 3.8) is 0 Å². The van der Waals surface area contributed by atoms with Crippen LogP contribution in [0.5, 0.6) is 0 Å². The molecule has 1 rings (SSSR count). The second-order valence-corrected chi connectivity index (χ2v) is 3.31. The normalized spacial score (nSPS) is 17.4. The Morgan fingerprint density at radius 3 is 2.25 bits per heavy atom. The molecule has 0 saturated carbocycles. The Labute approximate surface area is 92.3 Å². The number of allylic oxidation sites excluding steroid dienone is 1. The van der Waals surface area contributed by atoms with Gasteiger partial charge in [0, 0.05) is 6.54 Å². The van der Waals surface area contributed by atoms with E-state index in [0.717, 1.165) is 4.90 Å². The van der Waals surface area contributed by atoms with E-state index < -0.39 is 17.7 Å². The molecule has 0 saturated heterocycles. The maximum Gasteiger partial charge on any atom is 0.351 e. The SMILES string of the molecule is CCN1C(=O)N=C(C(C(C)=O)=C(C)O)C1=O. The topological polar surface area (TPSA) is 87.0 Å². The Kier molecular flexibility index (Phi) is 3.22. The van der Waals surface area contributed by atoms with Crippen LogP contribution in [-0.4, -0.2) is 40.0 Å². The van der Waals surface area contributed by atoms with Gasteiger partial charge in [-0.05, 0) is 20.8 Å². The fourth-order valence-electron chi connectivity index (χ4n) is 1.45. The second-order valence-electron chi connectivity index (χ2n) is 3.31. The molecule has 0 spiro atoms. The molecule has 1 aliphatic rings. The monoisotopic (exact) mass is 224 g/mol. The van der Waals surface area contributed by atoms with Crippen LogP contribution in [0.15, 0.2) is 16.3 Å². The molecule has 0 aromatic rings. The van der Waals surface area contributed by atoms with Crippen molar-refractivity contribution in [1.29, 1.82) is 0 Å². The summed E-state index contributed by atoms with van der Waals surface area (Å²) < 4.78 is 0. The molecule has 86 valence electrons. The molecule has 0 atom stereocenters. The smallest absolute Gasteiger partial charge is 0.351 e. The molecule has 6 nitrogen and oxygen atoms in total. The lowest BCUT2D eigenvalue weighted by Gasteiger charge is -2.09. The summed E-state index contributed by atoms with van der Waals surface area (Å²) >= 11 is 0. The third-order valence-electron chi connectivity index (χ3n) is 2.15. The number of ketones is 1. The fourth-order valence-corrected chi connectivity index (χ4v) is 1.45. The standard InChI is InChI=1S/C10H12N2O4/c1-4-12-9(15)8(11-10(12)16)7(5(2)13)6(3)14/h13H,4H2,1-3H3. The van der Waals surface area contributed by atoms with Crippen LogP contribution in [0.3, 0.4) is 0 Å². The highest BCUT2D eigenvalue weighted by molar-refractivity contribution is 6.56. The van der Waals surface area contributed by atoms with Crippen molar-refractivity contribution in [2.45, 2.75) is 20.8 Å². The number of carbonyl (C=O) groups is 3. The van der Waals surface area contributed by atoms with Crippen molar-refractivity contribution in [2.75, 3.05) is 6.54 Å². The average molecular weight is 224 g/mol. The van der Waals surface area contributed by atoms with E-state index in [1.807, 2.05) is 0 Å². The quantitative estimate of drug-likeness (QED) is 0.568. The number of nitrogens with zero attached hydrogens (tertiary/aromatic N) is 2. The van der Waals surface area contributed by atoms with Crippen LogP contribution < -0.4 is 0 Å². The highest BCUT2D eigenvalue weighted by Gasteiger charge is 2.36. The molecule has 0 aromatic carbocycles. The van der Waals surface area contributed by atoms with Gasteiger partial charge in [0.15, 0.2) is 5.78 Å². The van der Waals surface area contributed by atoms with E-state index in [9.17, 15) is 19.5 Å². The predicted octanol–water partition coefficient (Wildman–Crippen LogP) is 0.831. The molecule has 1 aliphatic heterocycles. The first-order chi connectivity index (χ1) is 7.40. The van der Waals surface area contributed by atoms with Gasteiger partial charge in [-0.15, -0.1) is 0 Å². The highest BCUT2D eigenvalue weighted by Crippen LogP contribution is 2.15. The molecule has 1 heterocycles. The van der Waals surface area contributed by atoms with Gasteiger partial charge in [0.05, 0.1) is 5.57 Å². The molecule has 0 bridgehead atoms. The van der Waals surface area contributed by atoms with Crippen molar-refractivity contribution in [3.8, 4) is 0 Å². The summed E-state index contributed by atoms with van der Waals surface area (Å²) in [6.07, 6.45) is 0. The number of imide groups is 1. The zero-order valence-electron chi connectivity index (χ0n) is 9.27. The number of Topliss-reactive ketones (excluding diaryl/α,β-unsaturated/α-hetero) is 1. The molecular weight excluding hydrogens is 212 g/mol. The van der Waals surface area contributed by atoms with Crippen molar-refractivity contribution in [1.82, 2.24) is 4.90 Å². The third-order valence-corrected chi connectivity index (χ3v) is 2.15. The first kappa shape index (κ1) is 12.1. The van der Waals surface area contributed by atoms with Gasteiger partial charge in [0.25, 0.3) is 5.91 Å². The first-order valence-electron chi connectivity index (χ1n) is 4.75. The van der Waals surface area contributed by atoms with Crippen LogP contribution in [0, 0.1) is 0 Å². The highest BCUT2D eigenvalue weighted by atomic mass is 16.3. The maximum absolute atomic E-state index is 11.7. The lowest BCUT2D eigenvalue weighted by atomic mass is 10.1. The number of aliphatic hydroxyl groups is 1. The van der Waals surface area contributed by atoms with E-state index in [1.54, 1.807) is 6.92 Å². The molecule has 0 radical (unpaired) electrons. The minimum atomic E-state index is -0.706. The summed E-state index contributed by atoms with van der Waals surface area (Å²) in [4.78, 5) is 38.6. The number of hydrogen-bond donors (Lipinski definition) is 1. The Balaban J connectivity index is 3.22. The van der Waals surface area contributed by atoms with Gasteiger partial charge in [-0.3, -0.25) is 14.5 Å². The van der Waals surface area contributed by atoms with Crippen LogP contribution in [0.2, 0.25) is 0 Å². The number of hydrogen-bond acceptors (Lipinski definition) is 4. The van der Waals surface area contributed by atoms with E-state index in [0.29, 0.717) is 0 Å². The van der Waals surface area contributed by atoms with Crippen LogP contribution >= 0.6 is 0 Å². The maximum atomic E-state index is 11.7. The number of amides is 3. The largest absolute Gasteiger partial charge is 0.512 e. The predicted molar refractivity (Wildman–Crippen MR) is 56.2 cm³/mol. The Morgan fingerprint density at radius 2 is 1.94 bits per heavy atom. The van der Waals surface area contributed by atoms with Gasteiger partial charge in [0.1, 0.15) is 11.5 Å². The molecular formula is C10H12N2O4. The molecule has 1 N–H and O–H groups in total. The molecule has 0 aliphatic carbocycles. The van der Waals surface area contributed by atoms with E-state index in [2.05, 4.69) is 4.99 Å². The van der Waals surface area contributed by atoms with Crippen molar-refractivity contribution < 1.29 is 19.5 Å². The summed E-state index contributed by atoms with van der Waals surface area (Å²) in [5, 5.41) is 9.30. The van der Waals surface area contributed by atoms with Gasteiger partial charge in [-0.2, -0.15) is 4.99 Å². The second kappa shape index (κ2) is 4.26. The number of aliphatic imine (C=N–C) groups is 1. The Hall–Kier alpha value is -1.98. The average Bonchev–Trinajstić information content (AvgIpc) is 2.41. The van der Waals surface area contributed by atoms with Crippen molar-refractivity contribution >= 4 is 23.4 Å². The van der Waals surface area contributed by atoms with E-state index in [-0.39, 0.29) is 23.6 Å². The summed E-state index contributed by atoms with van der Waals surface area (Å²) in [5.74, 6) is -1.46. The lowest BCUT2D eigenvalue weighted by molar-refractivity contribution is -0.121. The van der Waals surface area contributed by atoms with Crippen LogP contribution in [0.25, 0.3) is 0 Å². The van der Waals surface area contributed by atoms with Gasteiger partial charge >= 0.3 is 6.03 Å². The molecule has 0 aromatic heterocycles. The summed E-state index contributed by atoms with van der Waals surface area (Å²) in [6, 6.07) is -0.706. The van der Waals surface area contributed by atoms with Crippen LogP contribution in [0.4, 0.5) is 4.79 Å². The number of rotatable bonds is 3. The van der Waals surface area contributed by atoms with Crippen LogP contribution in [-0.2, 0) is 9.59 Å². The summed E-state index contributed by atoms with van der Waals surface area (Å²) in [5.41, 5.74) is -0.478. The number of aliphatic hydroxyl groups excluding tert-OH is 1. The zero-order chi connectivity index (χ0) is 12.5. The van der Waals surface area contributed by atoms with Gasteiger partial charge in [-0.1, -0.05) is 0 Å². The summed E-state index contributed by atoms with van der Waals surface area (Å²) in [6.45, 7) is 4.27. The molecule has 16 heavy (non-hydrogen) atoms. The number of carbonyl (C=O) groups excluding carboxylic acids is 3. The van der Waals surface area contributed by atoms with E-state index >= 15 is 0 Å². The minimum absolute atomic E-state index is 0.181. The molecule has 3 amide bonds. The molecule has 6 heteroatoms. The van der Waals surface area contributed by atoms with E-state index in [1.165, 1.54) is 13.8 Å². The van der Waals surface area contributed by atoms with Gasteiger partial charge < -0.3 is 5.11 Å². The van der Waals surface area contributed by atoms with Crippen LogP contribution in [0.1, 0.15) is 20.8 Å². The zero-order valence-corrected chi connectivity index (χ0v) is 9.27. The third kappa shape index (κ3) is 1.86. The van der Waals surface area contributed by atoms with Crippen molar-refractivity contribution in [2.24, 2.45) is 4.99 Å². The minimum Gasteiger partial charge on any atom is -0.512 e. The Morgan fingerprint density at radius 1 is 1.38 bits per heavy atom. The van der Waals surface area contributed by atoms with Gasteiger partial charge in [-0.25, -0.2) is 4.79 Å². The summed E-state index contributed by atoms with van der Waals surface area (Å²) in [7, 11) is 0.